The Morgan fingerprint density at radius 2 is 2.00 bits per heavy atom. The van der Waals surface area contributed by atoms with Crippen molar-refractivity contribution in [1.29, 1.82) is 0 Å². The molecule has 0 spiro atoms. The number of amides is 2. The fourth-order valence-electron chi connectivity index (χ4n) is 2.30. The Labute approximate surface area is 170 Å². The van der Waals surface area contributed by atoms with Crippen molar-refractivity contribution in [3.63, 3.8) is 0 Å². The van der Waals surface area contributed by atoms with Gasteiger partial charge in [-0.1, -0.05) is 25.4 Å². The van der Waals surface area contributed by atoms with E-state index in [0.29, 0.717) is 0 Å². The van der Waals surface area contributed by atoms with Gasteiger partial charge in [0.25, 0.3) is 17.5 Å². The summed E-state index contributed by atoms with van der Waals surface area (Å²) in [6.07, 6.45) is 1.32. The van der Waals surface area contributed by atoms with Crippen LogP contribution in [-0.4, -0.2) is 35.4 Å². The monoisotopic (exact) mass is 423 g/mol. The first-order valence-corrected chi connectivity index (χ1v) is 8.81. The van der Waals surface area contributed by atoms with E-state index < -0.39 is 35.4 Å². The third-order valence-corrected chi connectivity index (χ3v) is 3.96. The Morgan fingerprint density at radius 3 is 2.59 bits per heavy atom. The van der Waals surface area contributed by atoms with Crippen LogP contribution in [0.2, 0.25) is 5.02 Å². The second kappa shape index (κ2) is 9.69. The average molecular weight is 424 g/mol. The van der Waals surface area contributed by atoms with Crippen LogP contribution in [0.3, 0.4) is 0 Å². The van der Waals surface area contributed by atoms with Gasteiger partial charge in [0, 0.05) is 11.1 Å². The number of ether oxygens (including phenoxy) is 1. The minimum atomic E-state index is -1.03. The number of benzene rings is 1. The maximum absolute atomic E-state index is 12.3. The van der Waals surface area contributed by atoms with Gasteiger partial charge in [-0.25, -0.2) is 4.79 Å². The third kappa shape index (κ3) is 6.04. The van der Waals surface area contributed by atoms with E-state index in [-0.39, 0.29) is 28.1 Å². The van der Waals surface area contributed by atoms with E-state index in [1.54, 1.807) is 13.8 Å². The highest BCUT2D eigenvalue weighted by atomic mass is 35.5. The number of nitrogens with zero attached hydrogens (tertiary/aromatic N) is 1. The summed E-state index contributed by atoms with van der Waals surface area (Å²) in [5.41, 5.74) is -0.491. The van der Waals surface area contributed by atoms with Crippen LogP contribution in [0.15, 0.2) is 41.0 Å². The van der Waals surface area contributed by atoms with Gasteiger partial charge in [0.05, 0.1) is 11.2 Å². The maximum atomic E-state index is 12.3. The number of anilines is 1. The molecule has 1 aromatic carbocycles. The molecule has 0 saturated heterocycles. The number of carbonyl (C=O) groups excluding carboxylic acids is 3. The molecule has 29 heavy (non-hydrogen) atoms. The van der Waals surface area contributed by atoms with E-state index in [0.717, 1.165) is 6.07 Å². The van der Waals surface area contributed by atoms with Crippen LogP contribution in [0.4, 0.5) is 11.4 Å². The number of nitrogens with one attached hydrogen (secondary N) is 2. The van der Waals surface area contributed by atoms with Gasteiger partial charge < -0.3 is 19.8 Å². The van der Waals surface area contributed by atoms with Crippen LogP contribution in [0, 0.1) is 16.0 Å². The van der Waals surface area contributed by atoms with Gasteiger partial charge in [-0.2, -0.15) is 0 Å². The smallest absolute Gasteiger partial charge is 0.329 e. The summed E-state index contributed by atoms with van der Waals surface area (Å²) in [6, 6.07) is 5.59. The molecule has 1 atom stereocenters. The lowest BCUT2D eigenvalue weighted by Gasteiger charge is -2.20. The van der Waals surface area contributed by atoms with Crippen LogP contribution in [0.1, 0.15) is 24.4 Å². The number of halogens is 1. The number of nitro benzene ring substituents is 1. The number of hydrogen-bond donors (Lipinski definition) is 2. The highest BCUT2D eigenvalue weighted by molar-refractivity contribution is 6.31. The first-order valence-electron chi connectivity index (χ1n) is 8.44. The highest BCUT2D eigenvalue weighted by Gasteiger charge is 2.28. The van der Waals surface area contributed by atoms with E-state index >= 15 is 0 Å². The second-order valence-electron chi connectivity index (χ2n) is 6.25. The molecule has 0 aliphatic rings. The van der Waals surface area contributed by atoms with Crippen LogP contribution in [0.25, 0.3) is 0 Å². The van der Waals surface area contributed by atoms with E-state index in [1.807, 2.05) is 0 Å². The van der Waals surface area contributed by atoms with Crippen LogP contribution in [-0.2, 0) is 14.3 Å². The number of hydrogen-bond acceptors (Lipinski definition) is 7. The molecule has 0 aliphatic heterocycles. The Hall–Kier alpha value is -3.40. The van der Waals surface area contributed by atoms with Crippen molar-refractivity contribution in [2.45, 2.75) is 19.9 Å². The predicted octanol–water partition coefficient (Wildman–Crippen LogP) is 2.78. The number of nitro groups is 1. The molecule has 11 heteroatoms. The molecular weight excluding hydrogens is 406 g/mol. The fourth-order valence-corrected chi connectivity index (χ4v) is 2.47. The molecular formula is C18H18ClN3O7. The maximum Gasteiger partial charge on any atom is 0.329 e. The fraction of sp³-hybridized carbons (Fsp3) is 0.278. The number of esters is 1. The summed E-state index contributed by atoms with van der Waals surface area (Å²) in [6.45, 7) is 2.66. The van der Waals surface area contributed by atoms with Gasteiger partial charge in [0.1, 0.15) is 11.7 Å². The van der Waals surface area contributed by atoms with E-state index in [2.05, 4.69) is 10.6 Å². The van der Waals surface area contributed by atoms with Gasteiger partial charge in [-0.05, 0) is 30.2 Å². The molecule has 2 N–H and O–H groups in total. The van der Waals surface area contributed by atoms with Gasteiger partial charge in [0.2, 0.25) is 0 Å². The minimum absolute atomic E-state index is 0.0226. The molecule has 1 aromatic heterocycles. The molecule has 10 nitrogen and oxygen atoms in total. The van der Waals surface area contributed by atoms with Crippen molar-refractivity contribution >= 4 is 40.8 Å². The summed E-state index contributed by atoms with van der Waals surface area (Å²) < 4.78 is 9.92. The predicted molar refractivity (Wildman–Crippen MR) is 102 cm³/mol. The normalized spacial score (nSPS) is 11.6. The van der Waals surface area contributed by atoms with Crippen molar-refractivity contribution in [3.8, 4) is 0 Å². The molecule has 2 rings (SSSR count). The van der Waals surface area contributed by atoms with Crippen molar-refractivity contribution in [2.24, 2.45) is 5.92 Å². The molecule has 0 saturated carbocycles. The second-order valence-corrected chi connectivity index (χ2v) is 6.68. The summed E-state index contributed by atoms with van der Waals surface area (Å²) in [5, 5.41) is 16.0. The van der Waals surface area contributed by atoms with Gasteiger partial charge in [0.15, 0.2) is 12.4 Å². The lowest BCUT2D eigenvalue weighted by molar-refractivity contribution is -0.383. The van der Waals surface area contributed by atoms with Crippen molar-refractivity contribution in [2.75, 3.05) is 11.9 Å². The standard InChI is InChI=1S/C18H18ClN3O7/c1-10(2)16(21-17(24)14-4-3-7-28-14)18(25)29-9-15(23)20-12-8-11(19)5-6-13(12)22(26)27/h3-8,10,16H,9H2,1-2H3,(H,20,23)(H,21,24). The van der Waals surface area contributed by atoms with Crippen molar-refractivity contribution in [3.05, 3.63) is 57.5 Å². The van der Waals surface area contributed by atoms with Crippen molar-refractivity contribution in [1.82, 2.24) is 5.32 Å². The highest BCUT2D eigenvalue weighted by Crippen LogP contribution is 2.27. The van der Waals surface area contributed by atoms with Crippen LogP contribution in [0.5, 0.6) is 0 Å². The van der Waals surface area contributed by atoms with Crippen LogP contribution < -0.4 is 10.6 Å². The Bertz CT molecular complexity index is 912. The SMILES string of the molecule is CC(C)C(NC(=O)c1ccco1)C(=O)OCC(=O)Nc1cc(Cl)ccc1[N+](=O)[O-]. The van der Waals surface area contributed by atoms with Gasteiger partial charge in [-0.3, -0.25) is 19.7 Å². The van der Waals surface area contributed by atoms with E-state index in [9.17, 15) is 24.5 Å². The molecule has 0 aliphatic carbocycles. The zero-order valence-corrected chi connectivity index (χ0v) is 16.3. The number of rotatable bonds is 8. The lowest BCUT2D eigenvalue weighted by atomic mass is 10.0. The van der Waals surface area contributed by atoms with Gasteiger partial charge in [-0.15, -0.1) is 0 Å². The molecule has 0 radical (unpaired) electrons. The third-order valence-electron chi connectivity index (χ3n) is 3.73. The first kappa shape index (κ1) is 21.9. The summed E-state index contributed by atoms with van der Waals surface area (Å²) >= 11 is 5.79. The lowest BCUT2D eigenvalue weighted by Crippen LogP contribution is -2.45. The molecule has 1 unspecified atom stereocenters. The van der Waals surface area contributed by atoms with Crippen molar-refractivity contribution < 1.29 is 28.5 Å². The number of carbonyl (C=O) groups is 3. The largest absolute Gasteiger partial charge is 0.459 e. The van der Waals surface area contributed by atoms with Crippen LogP contribution >= 0.6 is 11.6 Å². The quantitative estimate of drug-likeness (QED) is 0.377. The minimum Gasteiger partial charge on any atom is -0.459 e. The number of furan rings is 1. The Balaban J connectivity index is 1.97. The first-order chi connectivity index (χ1) is 13.7. The van der Waals surface area contributed by atoms with E-state index in [4.69, 9.17) is 20.8 Å². The molecule has 2 amide bonds. The summed E-state index contributed by atoms with van der Waals surface area (Å²) in [4.78, 5) is 46.8. The van der Waals surface area contributed by atoms with Gasteiger partial charge >= 0.3 is 5.97 Å². The molecule has 0 bridgehead atoms. The zero-order chi connectivity index (χ0) is 21.6. The van der Waals surface area contributed by atoms with E-state index in [1.165, 1.54) is 30.5 Å². The Morgan fingerprint density at radius 1 is 1.28 bits per heavy atom. The summed E-state index contributed by atoms with van der Waals surface area (Å²) in [7, 11) is 0. The topological polar surface area (TPSA) is 141 Å². The molecule has 1 heterocycles. The molecule has 0 fully saturated rings. The molecule has 2 aromatic rings. The molecule has 154 valence electrons. The Kier molecular flexibility index (Phi) is 7.32. The summed E-state index contributed by atoms with van der Waals surface area (Å²) in [5.74, 6) is -2.56. The zero-order valence-electron chi connectivity index (χ0n) is 15.5. The average Bonchev–Trinajstić information content (AvgIpc) is 3.18.